The molecule has 1 saturated heterocycles. The van der Waals surface area contributed by atoms with Crippen LogP contribution in [0.1, 0.15) is 24.6 Å². The predicted octanol–water partition coefficient (Wildman–Crippen LogP) is 2.86. The molecule has 2 rings (SSSR count). The number of thiophene rings is 1. The molecule has 1 fully saturated rings. The molecule has 1 aliphatic heterocycles. The van der Waals surface area contributed by atoms with Gasteiger partial charge in [-0.2, -0.15) is 0 Å². The van der Waals surface area contributed by atoms with E-state index in [2.05, 4.69) is 44.4 Å². The van der Waals surface area contributed by atoms with E-state index in [4.69, 9.17) is 10.9 Å². The number of hydrogen-bond acceptors (Lipinski definition) is 4. The molecule has 0 saturated carbocycles. The van der Waals surface area contributed by atoms with Crippen molar-refractivity contribution in [2.45, 2.75) is 26.3 Å². The second-order valence-electron chi connectivity index (χ2n) is 5.05. The zero-order chi connectivity index (χ0) is 13.2. The van der Waals surface area contributed by atoms with Gasteiger partial charge in [-0.3, -0.25) is 4.90 Å². The first kappa shape index (κ1) is 13.8. The summed E-state index contributed by atoms with van der Waals surface area (Å²) in [6, 6.07) is 2.17. The zero-order valence-corrected chi connectivity index (χ0v) is 12.8. The van der Waals surface area contributed by atoms with Gasteiger partial charge in [-0.25, -0.2) is 0 Å². The molecule has 0 aromatic carbocycles. The molecule has 1 aromatic heterocycles. The van der Waals surface area contributed by atoms with Crippen molar-refractivity contribution >= 4 is 33.1 Å². The lowest BCUT2D eigenvalue weighted by Crippen LogP contribution is -2.45. The minimum atomic E-state index is -0.152. The molecule has 0 radical (unpaired) electrons. The monoisotopic (exact) mass is 331 g/mol. The van der Waals surface area contributed by atoms with Gasteiger partial charge in [0.15, 0.2) is 0 Å². The third-order valence-corrected chi connectivity index (χ3v) is 5.37. The highest BCUT2D eigenvalue weighted by molar-refractivity contribution is 9.10. The topological polar surface area (TPSA) is 61.9 Å². The minimum absolute atomic E-state index is 0.152. The van der Waals surface area contributed by atoms with Crippen LogP contribution in [0.4, 0.5) is 0 Å². The zero-order valence-electron chi connectivity index (χ0n) is 10.4. The number of piperidine rings is 1. The molecule has 0 amide bonds. The normalized spacial score (nSPS) is 21.1. The van der Waals surface area contributed by atoms with Crippen LogP contribution in [0.15, 0.2) is 21.1 Å². The summed E-state index contributed by atoms with van der Waals surface area (Å²) in [6.45, 7) is 5.04. The highest BCUT2D eigenvalue weighted by Crippen LogP contribution is 2.32. The Bertz CT molecular complexity index is 438. The van der Waals surface area contributed by atoms with Crippen molar-refractivity contribution in [1.82, 2.24) is 4.90 Å². The Morgan fingerprint density at radius 1 is 1.61 bits per heavy atom. The number of halogens is 1. The summed E-state index contributed by atoms with van der Waals surface area (Å²) in [7, 11) is 0. The standard InChI is InChI=1S/C12H18BrN3OS/c1-12(11(14)15-17)2-4-16(5-3-12)7-10-6-9(13)8-18-10/h6,8,17H,2-5,7H2,1H3,(H2,14,15). The molecule has 18 heavy (non-hydrogen) atoms. The van der Waals surface area contributed by atoms with Crippen LogP contribution >= 0.6 is 27.3 Å². The van der Waals surface area contributed by atoms with Crippen molar-refractivity contribution < 1.29 is 5.21 Å². The van der Waals surface area contributed by atoms with Gasteiger partial charge in [0.05, 0.1) is 0 Å². The van der Waals surface area contributed by atoms with Gasteiger partial charge >= 0.3 is 0 Å². The quantitative estimate of drug-likeness (QED) is 0.387. The molecule has 0 bridgehead atoms. The predicted molar refractivity (Wildman–Crippen MR) is 78.0 cm³/mol. The number of rotatable bonds is 3. The average Bonchev–Trinajstić information content (AvgIpc) is 2.77. The molecule has 0 unspecified atom stereocenters. The van der Waals surface area contributed by atoms with Crippen LogP contribution in [-0.2, 0) is 6.54 Å². The lowest BCUT2D eigenvalue weighted by Gasteiger charge is -2.38. The number of nitrogens with zero attached hydrogens (tertiary/aromatic N) is 2. The Morgan fingerprint density at radius 3 is 2.78 bits per heavy atom. The highest BCUT2D eigenvalue weighted by Gasteiger charge is 2.34. The number of nitrogens with two attached hydrogens (primary N) is 1. The smallest absolute Gasteiger partial charge is 0.145 e. The maximum Gasteiger partial charge on any atom is 0.145 e. The fourth-order valence-corrected chi connectivity index (χ4v) is 3.73. The van der Waals surface area contributed by atoms with E-state index in [-0.39, 0.29) is 5.41 Å². The Morgan fingerprint density at radius 2 is 2.28 bits per heavy atom. The molecule has 6 heteroatoms. The summed E-state index contributed by atoms with van der Waals surface area (Å²) in [5.74, 6) is 0.362. The Labute approximate surface area is 120 Å². The van der Waals surface area contributed by atoms with Crippen LogP contribution in [0.3, 0.4) is 0 Å². The van der Waals surface area contributed by atoms with Crippen LogP contribution in [-0.4, -0.2) is 29.0 Å². The molecule has 0 aliphatic carbocycles. The van der Waals surface area contributed by atoms with Gasteiger partial charge in [0, 0.05) is 26.7 Å². The van der Waals surface area contributed by atoms with Gasteiger partial charge in [0.25, 0.3) is 0 Å². The molecule has 100 valence electrons. The molecule has 2 heterocycles. The minimum Gasteiger partial charge on any atom is -0.409 e. The van der Waals surface area contributed by atoms with Crippen molar-refractivity contribution in [3.63, 3.8) is 0 Å². The first-order chi connectivity index (χ1) is 8.53. The molecular formula is C12H18BrN3OS. The van der Waals surface area contributed by atoms with E-state index in [1.54, 1.807) is 11.3 Å². The van der Waals surface area contributed by atoms with Crippen molar-refractivity contribution in [3.05, 3.63) is 20.8 Å². The summed E-state index contributed by atoms with van der Waals surface area (Å²) >= 11 is 5.25. The maximum absolute atomic E-state index is 8.80. The van der Waals surface area contributed by atoms with E-state index in [1.165, 1.54) is 4.88 Å². The third-order valence-electron chi connectivity index (χ3n) is 3.69. The molecule has 4 nitrogen and oxygen atoms in total. The summed E-state index contributed by atoms with van der Waals surface area (Å²) in [6.07, 6.45) is 1.88. The molecule has 1 aliphatic rings. The summed E-state index contributed by atoms with van der Waals surface area (Å²) in [4.78, 5) is 3.79. The largest absolute Gasteiger partial charge is 0.409 e. The van der Waals surface area contributed by atoms with E-state index in [0.29, 0.717) is 5.84 Å². The number of hydrogen-bond donors (Lipinski definition) is 2. The van der Waals surface area contributed by atoms with Crippen molar-refractivity contribution in [2.24, 2.45) is 16.3 Å². The van der Waals surface area contributed by atoms with Gasteiger partial charge in [-0.1, -0.05) is 12.1 Å². The van der Waals surface area contributed by atoms with Crippen molar-refractivity contribution in [2.75, 3.05) is 13.1 Å². The highest BCUT2D eigenvalue weighted by atomic mass is 79.9. The van der Waals surface area contributed by atoms with Gasteiger partial charge in [-0.05, 0) is 47.9 Å². The van der Waals surface area contributed by atoms with Crippen LogP contribution in [0.5, 0.6) is 0 Å². The van der Waals surface area contributed by atoms with E-state index < -0.39 is 0 Å². The van der Waals surface area contributed by atoms with Crippen molar-refractivity contribution in [1.29, 1.82) is 0 Å². The van der Waals surface area contributed by atoms with E-state index >= 15 is 0 Å². The summed E-state index contributed by atoms with van der Waals surface area (Å²) < 4.78 is 1.15. The van der Waals surface area contributed by atoms with Crippen LogP contribution < -0.4 is 5.73 Å². The SMILES string of the molecule is CC1(C(N)=NO)CCN(Cc2cc(Br)cs2)CC1. The summed E-state index contributed by atoms with van der Waals surface area (Å²) in [5.41, 5.74) is 5.61. The Balaban J connectivity index is 1.91. The number of likely N-dealkylation sites (tertiary alicyclic amines) is 1. The first-order valence-corrected chi connectivity index (χ1v) is 7.64. The number of oxime groups is 1. The first-order valence-electron chi connectivity index (χ1n) is 5.97. The van der Waals surface area contributed by atoms with Crippen LogP contribution in [0, 0.1) is 5.41 Å². The molecular weight excluding hydrogens is 314 g/mol. The average molecular weight is 332 g/mol. The Hall–Kier alpha value is -0.590. The number of amidine groups is 1. The second-order valence-corrected chi connectivity index (χ2v) is 6.96. The Kier molecular flexibility index (Phi) is 4.29. The fraction of sp³-hybridized carbons (Fsp3) is 0.583. The van der Waals surface area contributed by atoms with Gasteiger partial charge in [0.2, 0.25) is 0 Å². The molecule has 1 aromatic rings. The molecule has 3 N–H and O–H groups in total. The lowest BCUT2D eigenvalue weighted by molar-refractivity contribution is 0.154. The fourth-order valence-electron chi connectivity index (χ4n) is 2.24. The second kappa shape index (κ2) is 5.59. The van der Waals surface area contributed by atoms with E-state index in [9.17, 15) is 0 Å². The van der Waals surface area contributed by atoms with Gasteiger partial charge in [0.1, 0.15) is 5.84 Å². The summed E-state index contributed by atoms with van der Waals surface area (Å²) in [5, 5.41) is 14.1. The van der Waals surface area contributed by atoms with E-state index in [0.717, 1.165) is 36.9 Å². The lowest BCUT2D eigenvalue weighted by atomic mass is 9.79. The molecule has 0 spiro atoms. The van der Waals surface area contributed by atoms with Crippen molar-refractivity contribution in [3.8, 4) is 0 Å². The third kappa shape index (κ3) is 3.05. The van der Waals surface area contributed by atoms with Gasteiger partial charge in [-0.15, -0.1) is 11.3 Å². The maximum atomic E-state index is 8.80. The van der Waals surface area contributed by atoms with Crippen LogP contribution in [0.25, 0.3) is 0 Å². The molecule has 0 atom stereocenters. The van der Waals surface area contributed by atoms with E-state index in [1.807, 2.05) is 0 Å². The van der Waals surface area contributed by atoms with Crippen LogP contribution in [0.2, 0.25) is 0 Å². The van der Waals surface area contributed by atoms with Gasteiger partial charge < -0.3 is 10.9 Å².